The molecule has 0 aromatic carbocycles. The van der Waals surface area contributed by atoms with E-state index in [0.29, 0.717) is 0 Å². The van der Waals surface area contributed by atoms with Crippen molar-refractivity contribution >= 4 is 0 Å². The molecule has 0 aliphatic carbocycles. The summed E-state index contributed by atoms with van der Waals surface area (Å²) < 4.78 is 5.82. The van der Waals surface area contributed by atoms with Gasteiger partial charge in [0.25, 0.3) is 0 Å². The van der Waals surface area contributed by atoms with Gasteiger partial charge in [-0.05, 0) is 26.7 Å². The summed E-state index contributed by atoms with van der Waals surface area (Å²) in [6.07, 6.45) is 7.55. The quantitative estimate of drug-likeness (QED) is 0.517. The molecule has 0 atom stereocenters. The maximum absolute atomic E-state index is 5.82. The van der Waals surface area contributed by atoms with Crippen LogP contribution in [-0.4, -0.2) is 12.2 Å². The molecule has 0 aliphatic rings. The van der Waals surface area contributed by atoms with E-state index >= 15 is 0 Å². The summed E-state index contributed by atoms with van der Waals surface area (Å²) in [5.41, 5.74) is 0.102. The van der Waals surface area contributed by atoms with Gasteiger partial charge in [-0.3, -0.25) is 0 Å². The van der Waals surface area contributed by atoms with Crippen molar-refractivity contribution in [2.24, 2.45) is 0 Å². The van der Waals surface area contributed by atoms with Crippen LogP contribution in [0.15, 0.2) is 0 Å². The average Bonchev–Trinajstić information content (AvgIpc) is 2.05. The highest BCUT2D eigenvalue weighted by Gasteiger charge is 2.16. The minimum atomic E-state index is 0.102. The molecule has 1 heteroatoms. The minimum absolute atomic E-state index is 0.102. The van der Waals surface area contributed by atoms with Gasteiger partial charge < -0.3 is 4.74 Å². The average molecular weight is 186 g/mol. The Morgan fingerprint density at radius 1 is 0.923 bits per heavy atom. The van der Waals surface area contributed by atoms with Crippen molar-refractivity contribution in [1.29, 1.82) is 0 Å². The van der Waals surface area contributed by atoms with Gasteiger partial charge in [0.2, 0.25) is 0 Å². The maximum atomic E-state index is 5.82. The number of hydrogen-bond donors (Lipinski definition) is 0. The van der Waals surface area contributed by atoms with Crippen LogP contribution < -0.4 is 0 Å². The minimum Gasteiger partial charge on any atom is -0.376 e. The molecule has 0 bridgehead atoms. The Morgan fingerprint density at radius 3 is 2.08 bits per heavy atom. The zero-order chi connectivity index (χ0) is 10.2. The van der Waals surface area contributed by atoms with E-state index in [9.17, 15) is 0 Å². The number of ether oxygens (including phenoxy) is 1. The summed E-state index contributed by atoms with van der Waals surface area (Å²) in [5.74, 6) is 0. The summed E-state index contributed by atoms with van der Waals surface area (Å²) in [5, 5.41) is 0. The van der Waals surface area contributed by atoms with Gasteiger partial charge in [-0.1, -0.05) is 39.5 Å². The third-order valence-corrected chi connectivity index (χ3v) is 2.37. The molecule has 80 valence electrons. The molecule has 0 heterocycles. The van der Waals surface area contributed by atoms with Crippen molar-refractivity contribution < 1.29 is 4.74 Å². The van der Waals surface area contributed by atoms with Gasteiger partial charge in [-0.2, -0.15) is 0 Å². The molecule has 0 saturated carbocycles. The van der Waals surface area contributed by atoms with E-state index in [1.807, 2.05) is 0 Å². The van der Waals surface area contributed by atoms with Gasteiger partial charge in [-0.25, -0.2) is 0 Å². The van der Waals surface area contributed by atoms with Crippen LogP contribution >= 0.6 is 0 Å². The smallest absolute Gasteiger partial charge is 0.0626 e. The van der Waals surface area contributed by atoms with Gasteiger partial charge >= 0.3 is 0 Å². The first-order valence-corrected chi connectivity index (χ1v) is 5.76. The first kappa shape index (κ1) is 13.0. The lowest BCUT2D eigenvalue weighted by Gasteiger charge is -2.25. The number of unbranched alkanes of at least 4 members (excludes halogenated alkanes) is 3. The second-order valence-corrected chi connectivity index (χ2v) is 4.42. The summed E-state index contributed by atoms with van der Waals surface area (Å²) in [6.45, 7) is 9.78. The molecule has 13 heavy (non-hydrogen) atoms. The highest BCUT2D eigenvalue weighted by atomic mass is 16.5. The molecule has 0 aliphatic heterocycles. The van der Waals surface area contributed by atoms with Crippen molar-refractivity contribution in [3.05, 3.63) is 0 Å². The monoisotopic (exact) mass is 186 g/mol. The van der Waals surface area contributed by atoms with E-state index in [1.165, 1.54) is 38.5 Å². The van der Waals surface area contributed by atoms with E-state index in [2.05, 4.69) is 27.7 Å². The summed E-state index contributed by atoms with van der Waals surface area (Å²) >= 11 is 0. The van der Waals surface area contributed by atoms with Gasteiger partial charge in [0, 0.05) is 6.61 Å². The lowest BCUT2D eigenvalue weighted by molar-refractivity contribution is -0.0261. The molecule has 0 amide bonds. The fourth-order valence-electron chi connectivity index (χ4n) is 1.37. The first-order valence-electron chi connectivity index (χ1n) is 5.76. The molecule has 0 aromatic rings. The summed E-state index contributed by atoms with van der Waals surface area (Å²) in [4.78, 5) is 0. The lowest BCUT2D eigenvalue weighted by Crippen LogP contribution is -2.24. The van der Waals surface area contributed by atoms with E-state index < -0.39 is 0 Å². The van der Waals surface area contributed by atoms with Crippen molar-refractivity contribution in [2.75, 3.05) is 6.61 Å². The van der Waals surface area contributed by atoms with Crippen LogP contribution in [0.1, 0.15) is 66.2 Å². The zero-order valence-electron chi connectivity index (χ0n) is 9.86. The fraction of sp³-hybridized carbons (Fsp3) is 1.00. The lowest BCUT2D eigenvalue weighted by atomic mass is 10.0. The van der Waals surface area contributed by atoms with Gasteiger partial charge in [0.1, 0.15) is 0 Å². The Morgan fingerprint density at radius 2 is 1.54 bits per heavy atom. The molecule has 0 unspecified atom stereocenters. The van der Waals surface area contributed by atoms with Crippen molar-refractivity contribution in [1.82, 2.24) is 0 Å². The molecule has 0 rings (SSSR count). The highest BCUT2D eigenvalue weighted by molar-refractivity contribution is 4.68. The Labute approximate surface area is 83.9 Å². The van der Waals surface area contributed by atoms with Crippen molar-refractivity contribution in [2.45, 2.75) is 71.8 Å². The van der Waals surface area contributed by atoms with Gasteiger partial charge in [0.15, 0.2) is 0 Å². The molecule has 0 N–H and O–H groups in total. The SMILES string of the molecule is CCCCCC(C)(C)OCCCC. The molecule has 1 nitrogen and oxygen atoms in total. The standard InChI is InChI=1S/C12H26O/c1-5-7-9-10-12(3,4)13-11-8-6-2/h5-11H2,1-4H3. The highest BCUT2D eigenvalue weighted by Crippen LogP contribution is 2.18. The van der Waals surface area contributed by atoms with E-state index in [-0.39, 0.29) is 5.60 Å². The van der Waals surface area contributed by atoms with Crippen LogP contribution in [-0.2, 0) is 4.74 Å². The Kier molecular flexibility index (Phi) is 7.35. The summed E-state index contributed by atoms with van der Waals surface area (Å²) in [6, 6.07) is 0. The van der Waals surface area contributed by atoms with Crippen molar-refractivity contribution in [3.8, 4) is 0 Å². The first-order chi connectivity index (χ1) is 6.12. The van der Waals surface area contributed by atoms with Crippen molar-refractivity contribution in [3.63, 3.8) is 0 Å². The van der Waals surface area contributed by atoms with Crippen LogP contribution in [0.3, 0.4) is 0 Å². The molecule has 0 fully saturated rings. The Bertz CT molecular complexity index is 95.7. The van der Waals surface area contributed by atoms with Crippen LogP contribution in [0.2, 0.25) is 0 Å². The third-order valence-electron chi connectivity index (χ3n) is 2.37. The number of hydrogen-bond acceptors (Lipinski definition) is 1. The predicted octanol–water partition coefficient (Wildman–Crippen LogP) is 4.16. The Balaban J connectivity index is 3.42. The van der Waals surface area contributed by atoms with E-state index in [4.69, 9.17) is 4.74 Å². The Hall–Kier alpha value is -0.0400. The number of rotatable bonds is 8. The van der Waals surface area contributed by atoms with Crippen LogP contribution in [0.4, 0.5) is 0 Å². The molecule has 0 radical (unpaired) electrons. The van der Waals surface area contributed by atoms with Gasteiger partial charge in [-0.15, -0.1) is 0 Å². The van der Waals surface area contributed by atoms with Gasteiger partial charge in [0.05, 0.1) is 5.60 Å². The third kappa shape index (κ3) is 8.29. The molecular weight excluding hydrogens is 160 g/mol. The predicted molar refractivity (Wildman–Crippen MR) is 59.1 cm³/mol. The molecule has 0 spiro atoms. The zero-order valence-corrected chi connectivity index (χ0v) is 9.86. The molecule has 0 saturated heterocycles. The molecule has 0 aromatic heterocycles. The second kappa shape index (κ2) is 7.37. The van der Waals surface area contributed by atoms with Crippen LogP contribution in [0, 0.1) is 0 Å². The fourth-order valence-corrected chi connectivity index (χ4v) is 1.37. The normalized spacial score (nSPS) is 12.0. The van der Waals surface area contributed by atoms with E-state index in [0.717, 1.165) is 6.61 Å². The van der Waals surface area contributed by atoms with Crippen LogP contribution in [0.25, 0.3) is 0 Å². The summed E-state index contributed by atoms with van der Waals surface area (Å²) in [7, 11) is 0. The molecular formula is C12H26O. The van der Waals surface area contributed by atoms with E-state index in [1.54, 1.807) is 0 Å². The van der Waals surface area contributed by atoms with Crippen LogP contribution in [0.5, 0.6) is 0 Å². The maximum Gasteiger partial charge on any atom is 0.0626 e. The largest absolute Gasteiger partial charge is 0.376 e. The second-order valence-electron chi connectivity index (χ2n) is 4.42. The topological polar surface area (TPSA) is 9.23 Å².